The first-order valence-corrected chi connectivity index (χ1v) is 5.01. The highest BCUT2D eigenvalue weighted by Crippen LogP contribution is 2.06. The minimum absolute atomic E-state index is 0.174. The second kappa shape index (κ2) is 6.44. The van der Waals surface area contributed by atoms with Gasteiger partial charge in [-0.15, -0.1) is 0 Å². The van der Waals surface area contributed by atoms with E-state index < -0.39 is 0 Å². The lowest BCUT2D eigenvalue weighted by atomic mass is 10.1. The van der Waals surface area contributed by atoms with E-state index in [4.69, 9.17) is 0 Å². The Kier molecular flexibility index (Phi) is 6.39. The zero-order valence-corrected chi connectivity index (χ0v) is 8.88. The van der Waals surface area contributed by atoms with Gasteiger partial charge >= 0.3 is 0 Å². The molecule has 0 aliphatic rings. The van der Waals surface area contributed by atoms with E-state index in [9.17, 15) is 5.11 Å². The molecule has 0 aromatic carbocycles. The van der Waals surface area contributed by atoms with Crippen LogP contribution in [0.3, 0.4) is 0 Å². The molecule has 1 N–H and O–H groups in total. The smallest absolute Gasteiger partial charge is 0.0689 e. The van der Waals surface area contributed by atoms with E-state index in [1.165, 1.54) is 12.8 Å². The van der Waals surface area contributed by atoms with Gasteiger partial charge in [0.1, 0.15) is 0 Å². The van der Waals surface area contributed by atoms with Crippen molar-refractivity contribution in [2.24, 2.45) is 0 Å². The Morgan fingerprint density at radius 1 is 1.33 bits per heavy atom. The van der Waals surface area contributed by atoms with Crippen LogP contribution in [0.1, 0.15) is 40.0 Å². The fraction of sp³-hybridized carbons (Fsp3) is 1.00. The summed E-state index contributed by atoms with van der Waals surface area (Å²) in [4.78, 5) is 2.23. The highest BCUT2D eigenvalue weighted by Gasteiger charge is 2.15. The van der Waals surface area contributed by atoms with E-state index in [0.29, 0.717) is 6.04 Å². The minimum atomic E-state index is -0.174. The molecular formula is C10H23NO. The van der Waals surface area contributed by atoms with Gasteiger partial charge in [0.05, 0.1) is 6.10 Å². The first-order chi connectivity index (χ1) is 5.63. The molecule has 0 bridgehead atoms. The highest BCUT2D eigenvalue weighted by molar-refractivity contribution is 4.70. The lowest BCUT2D eigenvalue weighted by Gasteiger charge is -2.28. The second-order valence-corrected chi connectivity index (χ2v) is 3.55. The van der Waals surface area contributed by atoms with E-state index in [1.54, 1.807) is 0 Å². The molecule has 0 aliphatic carbocycles. The first kappa shape index (κ1) is 11.9. The van der Waals surface area contributed by atoms with Gasteiger partial charge < -0.3 is 10.0 Å². The Morgan fingerprint density at radius 3 is 2.33 bits per heavy atom. The third kappa shape index (κ3) is 4.07. The molecule has 2 unspecified atom stereocenters. The van der Waals surface area contributed by atoms with Crippen LogP contribution >= 0.6 is 0 Å². The van der Waals surface area contributed by atoms with Crippen LogP contribution in [0.4, 0.5) is 0 Å². The maximum absolute atomic E-state index is 9.55. The number of rotatable bonds is 6. The fourth-order valence-electron chi connectivity index (χ4n) is 1.25. The zero-order chi connectivity index (χ0) is 9.56. The Labute approximate surface area is 76.6 Å². The van der Waals surface area contributed by atoms with Crippen molar-refractivity contribution < 1.29 is 5.11 Å². The zero-order valence-electron chi connectivity index (χ0n) is 8.88. The van der Waals surface area contributed by atoms with E-state index in [0.717, 1.165) is 13.0 Å². The van der Waals surface area contributed by atoms with Crippen molar-refractivity contribution >= 4 is 0 Å². The van der Waals surface area contributed by atoms with Gasteiger partial charge in [0.15, 0.2) is 0 Å². The van der Waals surface area contributed by atoms with E-state index >= 15 is 0 Å². The summed E-state index contributed by atoms with van der Waals surface area (Å²) >= 11 is 0. The molecule has 2 nitrogen and oxygen atoms in total. The first-order valence-electron chi connectivity index (χ1n) is 5.01. The lowest BCUT2D eigenvalue weighted by Crippen LogP contribution is -2.39. The Hall–Kier alpha value is -0.0800. The minimum Gasteiger partial charge on any atom is -0.392 e. The molecule has 0 aliphatic heterocycles. The Bertz CT molecular complexity index is 106. The average Bonchev–Trinajstić information content (AvgIpc) is 2.11. The third-order valence-corrected chi connectivity index (χ3v) is 2.53. The molecule has 0 fully saturated rings. The SMILES string of the molecule is CCCCN(C)C(C)C(O)CC. The number of aliphatic hydroxyl groups is 1. The van der Waals surface area contributed by atoms with Crippen molar-refractivity contribution in [3.05, 3.63) is 0 Å². The second-order valence-electron chi connectivity index (χ2n) is 3.55. The van der Waals surface area contributed by atoms with Crippen LogP contribution in [0.15, 0.2) is 0 Å². The van der Waals surface area contributed by atoms with Crippen molar-refractivity contribution in [1.82, 2.24) is 4.90 Å². The van der Waals surface area contributed by atoms with Gasteiger partial charge in [-0.3, -0.25) is 0 Å². The van der Waals surface area contributed by atoms with Crippen molar-refractivity contribution in [1.29, 1.82) is 0 Å². The molecule has 2 atom stereocenters. The standard InChI is InChI=1S/C10H23NO/c1-5-7-8-11(4)9(3)10(12)6-2/h9-10,12H,5-8H2,1-4H3. The van der Waals surface area contributed by atoms with Crippen LogP contribution in [0.5, 0.6) is 0 Å². The predicted octanol–water partition coefficient (Wildman–Crippen LogP) is 1.88. The largest absolute Gasteiger partial charge is 0.392 e. The monoisotopic (exact) mass is 173 g/mol. The molecule has 0 spiro atoms. The van der Waals surface area contributed by atoms with E-state index in [-0.39, 0.29) is 6.10 Å². The van der Waals surface area contributed by atoms with Crippen LogP contribution in [0.2, 0.25) is 0 Å². The summed E-state index contributed by atoms with van der Waals surface area (Å²) < 4.78 is 0. The molecule has 0 rings (SSSR count). The number of likely N-dealkylation sites (N-methyl/N-ethyl adjacent to an activating group) is 1. The van der Waals surface area contributed by atoms with Crippen LogP contribution in [0, 0.1) is 0 Å². The number of aliphatic hydroxyl groups excluding tert-OH is 1. The number of hydrogen-bond acceptors (Lipinski definition) is 2. The molecule has 2 heteroatoms. The average molecular weight is 173 g/mol. The summed E-state index contributed by atoms with van der Waals surface area (Å²) in [5.41, 5.74) is 0. The van der Waals surface area contributed by atoms with Gasteiger partial charge in [0.2, 0.25) is 0 Å². The summed E-state index contributed by atoms with van der Waals surface area (Å²) in [6.45, 7) is 7.39. The summed E-state index contributed by atoms with van der Waals surface area (Å²) in [6.07, 6.45) is 3.11. The molecule has 12 heavy (non-hydrogen) atoms. The molecule has 0 saturated carbocycles. The molecule has 0 aromatic heterocycles. The quantitative estimate of drug-likeness (QED) is 0.663. The molecule has 0 saturated heterocycles. The Balaban J connectivity index is 3.67. The molecule has 0 aromatic rings. The van der Waals surface area contributed by atoms with Gasteiger partial charge in [-0.2, -0.15) is 0 Å². The molecule has 0 amide bonds. The topological polar surface area (TPSA) is 23.5 Å². The van der Waals surface area contributed by atoms with Crippen molar-refractivity contribution in [3.63, 3.8) is 0 Å². The molecular weight excluding hydrogens is 150 g/mol. The van der Waals surface area contributed by atoms with Gasteiger partial charge in [0.25, 0.3) is 0 Å². The summed E-state index contributed by atoms with van der Waals surface area (Å²) in [7, 11) is 2.08. The van der Waals surface area contributed by atoms with Gasteiger partial charge in [-0.05, 0) is 33.4 Å². The maximum Gasteiger partial charge on any atom is 0.0689 e. The third-order valence-electron chi connectivity index (χ3n) is 2.53. The molecule has 0 heterocycles. The number of hydrogen-bond donors (Lipinski definition) is 1. The van der Waals surface area contributed by atoms with Gasteiger partial charge in [-0.25, -0.2) is 0 Å². The fourth-order valence-corrected chi connectivity index (χ4v) is 1.25. The predicted molar refractivity (Wildman–Crippen MR) is 53.3 cm³/mol. The van der Waals surface area contributed by atoms with Crippen LogP contribution < -0.4 is 0 Å². The van der Waals surface area contributed by atoms with Crippen LogP contribution in [-0.2, 0) is 0 Å². The summed E-state index contributed by atoms with van der Waals surface area (Å²) in [6, 6.07) is 0.293. The summed E-state index contributed by atoms with van der Waals surface area (Å²) in [5.74, 6) is 0. The van der Waals surface area contributed by atoms with Crippen LogP contribution in [0.25, 0.3) is 0 Å². The molecule has 0 radical (unpaired) electrons. The number of unbranched alkanes of at least 4 members (excludes halogenated alkanes) is 1. The van der Waals surface area contributed by atoms with Crippen molar-refractivity contribution in [2.75, 3.05) is 13.6 Å². The Morgan fingerprint density at radius 2 is 1.92 bits per heavy atom. The van der Waals surface area contributed by atoms with Crippen molar-refractivity contribution in [3.8, 4) is 0 Å². The van der Waals surface area contributed by atoms with Crippen LogP contribution in [-0.4, -0.2) is 35.7 Å². The lowest BCUT2D eigenvalue weighted by molar-refractivity contribution is 0.0695. The van der Waals surface area contributed by atoms with Crippen molar-refractivity contribution in [2.45, 2.75) is 52.2 Å². The summed E-state index contributed by atoms with van der Waals surface area (Å²) in [5, 5.41) is 9.55. The van der Waals surface area contributed by atoms with Gasteiger partial charge in [-0.1, -0.05) is 20.3 Å². The van der Waals surface area contributed by atoms with Gasteiger partial charge in [0, 0.05) is 6.04 Å². The van der Waals surface area contributed by atoms with E-state index in [2.05, 4.69) is 25.8 Å². The van der Waals surface area contributed by atoms with E-state index in [1.807, 2.05) is 6.92 Å². The molecule has 74 valence electrons. The maximum atomic E-state index is 9.55. The number of nitrogens with zero attached hydrogens (tertiary/aromatic N) is 1. The normalized spacial score (nSPS) is 16.5. The highest BCUT2D eigenvalue weighted by atomic mass is 16.3.